The molecule has 29 heavy (non-hydrogen) atoms. The largest absolute Gasteiger partial charge is 0.338 e. The van der Waals surface area contributed by atoms with Gasteiger partial charge in [0.05, 0.1) is 23.0 Å². The number of pyridine rings is 1. The number of nitrogens with zero attached hydrogens (tertiary/aromatic N) is 2. The van der Waals surface area contributed by atoms with Crippen LogP contribution < -0.4 is 5.32 Å². The van der Waals surface area contributed by atoms with Crippen LogP contribution in [0, 0.1) is 0 Å². The normalized spacial score (nSPS) is 11.0. The lowest BCUT2D eigenvalue weighted by molar-refractivity contribution is -0.115. The summed E-state index contributed by atoms with van der Waals surface area (Å²) in [6, 6.07) is 25.4. The van der Waals surface area contributed by atoms with E-state index in [9.17, 15) is 4.79 Å². The minimum absolute atomic E-state index is 0.0698. The number of carbonyl (C=O) groups is 1. The molecule has 0 aliphatic carbocycles. The molecule has 2 aromatic heterocycles. The molecule has 5 rings (SSSR count). The number of anilines is 1. The molecule has 1 amide bonds. The summed E-state index contributed by atoms with van der Waals surface area (Å²) in [7, 11) is 0. The van der Waals surface area contributed by atoms with Crippen LogP contribution in [0.25, 0.3) is 33.3 Å². The highest BCUT2D eigenvalue weighted by atomic mass is 16.1. The second kappa shape index (κ2) is 7.20. The molecule has 2 N–H and O–H groups in total. The monoisotopic (exact) mass is 378 g/mol. The van der Waals surface area contributed by atoms with E-state index in [2.05, 4.69) is 20.3 Å². The van der Waals surface area contributed by atoms with E-state index in [1.54, 1.807) is 6.20 Å². The molecular weight excluding hydrogens is 360 g/mol. The van der Waals surface area contributed by atoms with E-state index in [1.807, 2.05) is 78.9 Å². The zero-order valence-corrected chi connectivity index (χ0v) is 15.6. The predicted molar refractivity (Wildman–Crippen MR) is 116 cm³/mol. The SMILES string of the molecule is O=C(Cc1cccc2cccnc12)Nc1ccc(-c2nc3ccccc3[nH]2)cc1. The fraction of sp³-hybridized carbons (Fsp3) is 0.0417. The van der Waals surface area contributed by atoms with Crippen molar-refractivity contribution < 1.29 is 4.79 Å². The van der Waals surface area contributed by atoms with Crippen molar-refractivity contribution in [2.45, 2.75) is 6.42 Å². The summed E-state index contributed by atoms with van der Waals surface area (Å²) >= 11 is 0. The lowest BCUT2D eigenvalue weighted by Gasteiger charge is -2.08. The third kappa shape index (κ3) is 3.46. The van der Waals surface area contributed by atoms with Crippen LogP contribution in [0.15, 0.2) is 85.1 Å². The van der Waals surface area contributed by atoms with Crippen LogP contribution in [0.3, 0.4) is 0 Å². The first-order chi connectivity index (χ1) is 14.3. The van der Waals surface area contributed by atoms with Crippen LogP contribution in [0.1, 0.15) is 5.56 Å². The van der Waals surface area contributed by atoms with Gasteiger partial charge in [-0.05, 0) is 48.0 Å². The number of rotatable bonds is 4. The second-order valence-electron chi connectivity index (χ2n) is 6.90. The van der Waals surface area contributed by atoms with Gasteiger partial charge in [0.25, 0.3) is 0 Å². The van der Waals surface area contributed by atoms with E-state index >= 15 is 0 Å². The molecule has 0 atom stereocenters. The summed E-state index contributed by atoms with van der Waals surface area (Å²) < 4.78 is 0. The van der Waals surface area contributed by atoms with Crippen LogP contribution in [-0.2, 0) is 11.2 Å². The smallest absolute Gasteiger partial charge is 0.228 e. The summed E-state index contributed by atoms with van der Waals surface area (Å²) in [4.78, 5) is 24.9. The number of benzene rings is 3. The number of H-pyrrole nitrogens is 1. The van der Waals surface area contributed by atoms with Crippen molar-refractivity contribution in [2.75, 3.05) is 5.32 Å². The molecule has 0 saturated heterocycles. The highest BCUT2D eigenvalue weighted by Crippen LogP contribution is 2.22. The van der Waals surface area contributed by atoms with Gasteiger partial charge >= 0.3 is 0 Å². The molecule has 5 heteroatoms. The molecule has 2 heterocycles. The number of hydrogen-bond acceptors (Lipinski definition) is 3. The average Bonchev–Trinajstić information content (AvgIpc) is 3.19. The first-order valence-corrected chi connectivity index (χ1v) is 9.44. The zero-order valence-electron chi connectivity index (χ0n) is 15.6. The Bertz CT molecular complexity index is 1280. The molecule has 140 valence electrons. The van der Waals surface area contributed by atoms with Gasteiger partial charge in [0, 0.05) is 22.8 Å². The number of aromatic nitrogens is 3. The first-order valence-electron chi connectivity index (χ1n) is 9.44. The number of carbonyl (C=O) groups excluding carboxylic acids is 1. The number of aromatic amines is 1. The van der Waals surface area contributed by atoms with Crippen molar-refractivity contribution in [2.24, 2.45) is 0 Å². The van der Waals surface area contributed by atoms with Crippen molar-refractivity contribution >= 4 is 33.5 Å². The topological polar surface area (TPSA) is 70.7 Å². The average molecular weight is 378 g/mol. The molecule has 0 radical (unpaired) electrons. The van der Waals surface area contributed by atoms with E-state index in [0.717, 1.165) is 44.6 Å². The molecule has 0 bridgehead atoms. The molecular formula is C24H18N4O. The standard InChI is InChI=1S/C24H18N4O/c29-22(15-18-6-3-5-16-7-4-14-25-23(16)18)26-19-12-10-17(11-13-19)24-27-20-8-1-2-9-21(20)28-24/h1-14H,15H2,(H,26,29)(H,27,28). The number of amides is 1. The maximum atomic E-state index is 12.5. The quantitative estimate of drug-likeness (QED) is 0.464. The van der Waals surface area contributed by atoms with Crippen LogP contribution in [0.2, 0.25) is 0 Å². The van der Waals surface area contributed by atoms with Crippen molar-refractivity contribution in [1.82, 2.24) is 15.0 Å². The second-order valence-corrected chi connectivity index (χ2v) is 6.90. The van der Waals surface area contributed by atoms with Crippen molar-refractivity contribution in [3.05, 3.63) is 90.6 Å². The van der Waals surface area contributed by atoms with Crippen molar-refractivity contribution in [3.63, 3.8) is 0 Å². The van der Waals surface area contributed by atoms with Gasteiger partial charge in [-0.15, -0.1) is 0 Å². The Hall–Kier alpha value is -3.99. The molecule has 0 spiro atoms. The Kier molecular flexibility index (Phi) is 4.26. The molecule has 5 aromatic rings. The Labute approximate surface area is 167 Å². The highest BCUT2D eigenvalue weighted by Gasteiger charge is 2.09. The molecule has 0 aliphatic heterocycles. The molecule has 0 fully saturated rings. The molecule has 0 unspecified atom stereocenters. The van der Waals surface area contributed by atoms with Crippen molar-refractivity contribution in [3.8, 4) is 11.4 Å². The Morgan fingerprint density at radius 3 is 2.59 bits per heavy atom. The van der Waals surface area contributed by atoms with E-state index in [0.29, 0.717) is 0 Å². The van der Waals surface area contributed by atoms with Gasteiger partial charge in [-0.3, -0.25) is 9.78 Å². The van der Waals surface area contributed by atoms with E-state index in [-0.39, 0.29) is 12.3 Å². The van der Waals surface area contributed by atoms with Crippen molar-refractivity contribution in [1.29, 1.82) is 0 Å². The number of imidazole rings is 1. The van der Waals surface area contributed by atoms with Gasteiger partial charge in [-0.2, -0.15) is 0 Å². The van der Waals surface area contributed by atoms with Crippen LogP contribution in [0.4, 0.5) is 5.69 Å². The Balaban J connectivity index is 1.32. The minimum atomic E-state index is -0.0698. The lowest BCUT2D eigenvalue weighted by atomic mass is 10.1. The number of fused-ring (bicyclic) bond motifs is 2. The molecule has 5 nitrogen and oxygen atoms in total. The number of para-hydroxylation sites is 3. The number of nitrogens with one attached hydrogen (secondary N) is 2. The van der Waals surface area contributed by atoms with Gasteiger partial charge in [-0.1, -0.05) is 36.4 Å². The lowest BCUT2D eigenvalue weighted by Crippen LogP contribution is -2.14. The van der Waals surface area contributed by atoms with E-state index in [4.69, 9.17) is 0 Å². The maximum Gasteiger partial charge on any atom is 0.228 e. The minimum Gasteiger partial charge on any atom is -0.338 e. The van der Waals surface area contributed by atoms with E-state index < -0.39 is 0 Å². The fourth-order valence-corrected chi connectivity index (χ4v) is 3.49. The van der Waals surface area contributed by atoms with Crippen LogP contribution in [0.5, 0.6) is 0 Å². The molecule has 3 aromatic carbocycles. The Morgan fingerprint density at radius 1 is 0.897 bits per heavy atom. The fourth-order valence-electron chi connectivity index (χ4n) is 3.49. The van der Waals surface area contributed by atoms with Crippen LogP contribution >= 0.6 is 0 Å². The third-order valence-corrected chi connectivity index (χ3v) is 4.90. The van der Waals surface area contributed by atoms with Gasteiger partial charge in [0.1, 0.15) is 5.82 Å². The van der Waals surface area contributed by atoms with Gasteiger partial charge in [0.15, 0.2) is 0 Å². The van der Waals surface area contributed by atoms with Gasteiger partial charge in [0.2, 0.25) is 5.91 Å². The van der Waals surface area contributed by atoms with E-state index in [1.165, 1.54) is 0 Å². The third-order valence-electron chi connectivity index (χ3n) is 4.90. The summed E-state index contributed by atoms with van der Waals surface area (Å²) in [5.74, 6) is 0.741. The van der Waals surface area contributed by atoms with Gasteiger partial charge < -0.3 is 10.3 Å². The molecule has 0 aliphatic rings. The number of hydrogen-bond donors (Lipinski definition) is 2. The summed E-state index contributed by atoms with van der Waals surface area (Å²) in [6.07, 6.45) is 2.03. The first kappa shape index (κ1) is 17.1. The predicted octanol–water partition coefficient (Wildman–Crippen LogP) is 4.96. The van der Waals surface area contributed by atoms with Crippen LogP contribution in [-0.4, -0.2) is 20.9 Å². The summed E-state index contributed by atoms with van der Waals surface area (Å²) in [6.45, 7) is 0. The summed E-state index contributed by atoms with van der Waals surface area (Å²) in [5, 5.41) is 4.00. The van der Waals surface area contributed by atoms with Gasteiger partial charge in [-0.25, -0.2) is 4.98 Å². The summed E-state index contributed by atoms with van der Waals surface area (Å²) in [5.41, 5.74) is 5.44. The zero-order chi connectivity index (χ0) is 19.6. The Morgan fingerprint density at radius 2 is 1.72 bits per heavy atom. The molecule has 0 saturated carbocycles. The highest BCUT2D eigenvalue weighted by molar-refractivity contribution is 5.95. The maximum absolute atomic E-state index is 12.5.